The third-order valence-corrected chi connectivity index (χ3v) is 14.9. The molecule has 0 radical (unpaired) electrons. The van der Waals surface area contributed by atoms with Gasteiger partial charge in [0, 0.05) is 32.9 Å². The van der Waals surface area contributed by atoms with Gasteiger partial charge >= 0.3 is 6.85 Å². The lowest BCUT2D eigenvalue weighted by Gasteiger charge is -2.49. The molecule has 0 amide bonds. The van der Waals surface area contributed by atoms with Crippen molar-refractivity contribution in [1.29, 1.82) is 0 Å². The highest BCUT2D eigenvalue weighted by Gasteiger charge is 2.51. The standard InChI is InChI=1S/C55H59BN2OS/c1-51(2,3)32-19-23-36(24-20-32)57-43-28-33(52(4,5)6)21-25-41(43)56-47-37(27-35(29-44(47)57)54(10,11)12)38-31-40-50(60-46-18-16-15-17-39(46)55(40,13)14)49-48(38)58(56)42-26-22-34(53(7,8)9)30-45(42)59-49/h15-31H,1-14H3. The predicted molar refractivity (Wildman–Crippen MR) is 258 cm³/mol. The van der Waals surface area contributed by atoms with Gasteiger partial charge in [-0.25, -0.2) is 0 Å². The molecule has 6 aromatic carbocycles. The number of nitrogens with zero attached hydrogens (tertiary/aromatic N) is 2. The van der Waals surface area contributed by atoms with Gasteiger partial charge in [0.2, 0.25) is 0 Å². The van der Waals surface area contributed by atoms with Crippen LogP contribution in [0.3, 0.4) is 0 Å². The van der Waals surface area contributed by atoms with Gasteiger partial charge in [-0.3, -0.25) is 0 Å². The van der Waals surface area contributed by atoms with Gasteiger partial charge in [0.25, 0.3) is 0 Å². The maximum atomic E-state index is 7.43. The van der Waals surface area contributed by atoms with E-state index in [2.05, 4.69) is 210 Å². The van der Waals surface area contributed by atoms with Gasteiger partial charge in [0.05, 0.1) is 16.3 Å². The Kier molecular flexibility index (Phi) is 8.25. The smallest absolute Gasteiger partial charge is 0.333 e. The minimum absolute atomic E-state index is 0.0316. The van der Waals surface area contributed by atoms with Crippen molar-refractivity contribution in [3.05, 3.63) is 137 Å². The molecule has 0 bridgehead atoms. The number of fused-ring (bicyclic) bond motifs is 9. The Labute approximate surface area is 363 Å². The van der Waals surface area contributed by atoms with Crippen LogP contribution < -0.4 is 25.4 Å². The van der Waals surface area contributed by atoms with Crippen LogP contribution in [0.15, 0.2) is 113 Å². The van der Waals surface area contributed by atoms with Crippen molar-refractivity contribution in [3.63, 3.8) is 0 Å². The number of hydrogen-bond donors (Lipinski definition) is 0. The van der Waals surface area contributed by atoms with E-state index in [0.29, 0.717) is 0 Å². The molecule has 60 heavy (non-hydrogen) atoms. The summed E-state index contributed by atoms with van der Waals surface area (Å²) in [6.45, 7) is 32.6. The van der Waals surface area contributed by atoms with E-state index in [1.165, 1.54) is 88.0 Å². The van der Waals surface area contributed by atoms with Crippen molar-refractivity contribution in [3.8, 4) is 22.6 Å². The zero-order chi connectivity index (χ0) is 42.6. The third-order valence-electron chi connectivity index (χ3n) is 13.7. The molecule has 0 spiro atoms. The summed E-state index contributed by atoms with van der Waals surface area (Å²) in [4.78, 5) is 7.79. The first kappa shape index (κ1) is 39.3. The van der Waals surface area contributed by atoms with E-state index in [-0.39, 0.29) is 33.9 Å². The molecule has 4 aliphatic rings. The molecule has 0 aromatic heterocycles. The summed E-state index contributed by atoms with van der Waals surface area (Å²) in [5, 5.41) is 0. The quantitative estimate of drug-likeness (QED) is 0.154. The van der Waals surface area contributed by atoms with Crippen molar-refractivity contribution in [2.45, 2.75) is 134 Å². The van der Waals surface area contributed by atoms with Gasteiger partial charge in [-0.1, -0.05) is 163 Å². The maximum absolute atomic E-state index is 7.43. The number of anilines is 5. The fraction of sp³-hybridized carbons (Fsp3) is 0.345. The Hall–Kier alpha value is -4.87. The Balaban J connectivity index is 1.35. The zero-order valence-electron chi connectivity index (χ0n) is 38.1. The lowest BCUT2D eigenvalue weighted by molar-refractivity contribution is 0.456. The molecule has 0 atom stereocenters. The van der Waals surface area contributed by atoms with Gasteiger partial charge in [-0.2, -0.15) is 0 Å². The fourth-order valence-corrected chi connectivity index (χ4v) is 11.4. The van der Waals surface area contributed by atoms with Crippen LogP contribution in [0.2, 0.25) is 0 Å². The highest BCUT2D eigenvalue weighted by Crippen LogP contribution is 2.63. The van der Waals surface area contributed by atoms with Gasteiger partial charge in [0.15, 0.2) is 5.75 Å². The molecule has 0 saturated heterocycles. The Morgan fingerprint density at radius 1 is 0.550 bits per heavy atom. The van der Waals surface area contributed by atoms with Crippen LogP contribution in [0.1, 0.15) is 130 Å². The first-order valence-corrected chi connectivity index (χ1v) is 22.7. The van der Waals surface area contributed by atoms with Gasteiger partial charge in [0.1, 0.15) is 5.75 Å². The topological polar surface area (TPSA) is 15.7 Å². The van der Waals surface area contributed by atoms with Crippen LogP contribution in [0.5, 0.6) is 11.5 Å². The van der Waals surface area contributed by atoms with Gasteiger partial charge in [-0.05, 0) is 120 Å². The molecule has 4 heterocycles. The second-order valence-corrected chi connectivity index (χ2v) is 23.4. The summed E-state index contributed by atoms with van der Waals surface area (Å²) in [6.07, 6.45) is 0. The summed E-state index contributed by atoms with van der Waals surface area (Å²) in [6, 6.07) is 40.2. The van der Waals surface area contributed by atoms with Crippen molar-refractivity contribution in [1.82, 2.24) is 0 Å². The molecule has 0 fully saturated rings. The van der Waals surface area contributed by atoms with Crippen molar-refractivity contribution < 1.29 is 4.74 Å². The Bertz CT molecular complexity index is 2790. The van der Waals surface area contributed by atoms with E-state index in [1.807, 2.05) is 11.8 Å². The average Bonchev–Trinajstić information content (AvgIpc) is 3.17. The fourth-order valence-electron chi connectivity index (χ4n) is 9.97. The van der Waals surface area contributed by atoms with Crippen LogP contribution in [0, 0.1) is 0 Å². The number of benzene rings is 6. The molecule has 6 aromatic rings. The van der Waals surface area contributed by atoms with Crippen LogP contribution in [0.25, 0.3) is 11.1 Å². The second kappa shape index (κ2) is 12.6. The molecule has 4 aliphatic heterocycles. The van der Waals surface area contributed by atoms with E-state index in [0.717, 1.165) is 17.2 Å². The van der Waals surface area contributed by atoms with E-state index < -0.39 is 0 Å². The molecule has 304 valence electrons. The minimum Gasteiger partial charge on any atom is -0.452 e. The molecular weight excluding hydrogens is 747 g/mol. The molecular formula is C55H59BN2OS. The van der Waals surface area contributed by atoms with Crippen molar-refractivity contribution in [2.75, 3.05) is 9.71 Å². The zero-order valence-corrected chi connectivity index (χ0v) is 38.9. The number of ether oxygens (including phenoxy) is 1. The Morgan fingerprint density at radius 3 is 1.82 bits per heavy atom. The molecule has 0 N–H and O–H groups in total. The average molecular weight is 807 g/mol. The van der Waals surface area contributed by atoms with Crippen molar-refractivity contribution in [2.24, 2.45) is 0 Å². The van der Waals surface area contributed by atoms with E-state index in [1.54, 1.807) is 0 Å². The van der Waals surface area contributed by atoms with Crippen LogP contribution >= 0.6 is 11.8 Å². The van der Waals surface area contributed by atoms with Crippen LogP contribution in [-0.2, 0) is 27.1 Å². The largest absolute Gasteiger partial charge is 0.452 e. The summed E-state index contributed by atoms with van der Waals surface area (Å²) >= 11 is 1.87. The molecule has 0 saturated carbocycles. The first-order chi connectivity index (χ1) is 28.0. The highest BCUT2D eigenvalue weighted by atomic mass is 32.2. The molecule has 0 aliphatic carbocycles. The molecule has 10 rings (SSSR count). The van der Waals surface area contributed by atoms with Crippen molar-refractivity contribution >= 4 is 58.0 Å². The van der Waals surface area contributed by atoms with Crippen LogP contribution in [0.4, 0.5) is 28.4 Å². The van der Waals surface area contributed by atoms with Gasteiger partial charge < -0.3 is 14.4 Å². The highest BCUT2D eigenvalue weighted by molar-refractivity contribution is 7.99. The maximum Gasteiger partial charge on any atom is 0.333 e. The van der Waals surface area contributed by atoms with E-state index >= 15 is 0 Å². The monoisotopic (exact) mass is 806 g/mol. The molecule has 5 heteroatoms. The summed E-state index contributed by atoms with van der Waals surface area (Å²) < 4.78 is 7.43. The summed E-state index contributed by atoms with van der Waals surface area (Å²) in [5.41, 5.74) is 18.8. The molecule has 3 nitrogen and oxygen atoms in total. The van der Waals surface area contributed by atoms with E-state index in [4.69, 9.17) is 4.74 Å². The second-order valence-electron chi connectivity index (χ2n) is 22.4. The minimum atomic E-state index is -0.236. The normalized spacial score (nSPS) is 15.9. The molecule has 0 unspecified atom stereocenters. The summed E-state index contributed by atoms with van der Waals surface area (Å²) in [7, 11) is 0. The third kappa shape index (κ3) is 5.78. The number of rotatable bonds is 1. The van der Waals surface area contributed by atoms with E-state index in [9.17, 15) is 0 Å². The number of hydrogen-bond acceptors (Lipinski definition) is 4. The predicted octanol–water partition coefficient (Wildman–Crippen LogP) is 14.5. The van der Waals surface area contributed by atoms with Crippen LogP contribution in [-0.4, -0.2) is 6.85 Å². The Morgan fingerprint density at radius 2 is 1.15 bits per heavy atom. The lowest BCUT2D eigenvalue weighted by Crippen LogP contribution is -2.62. The van der Waals surface area contributed by atoms with Gasteiger partial charge in [-0.15, -0.1) is 0 Å². The summed E-state index contributed by atoms with van der Waals surface area (Å²) in [5.74, 6) is 1.91. The first-order valence-electron chi connectivity index (χ1n) is 21.9. The lowest BCUT2D eigenvalue weighted by atomic mass is 9.43. The SMILES string of the molecule is CC(C)(C)c1ccc(N2c3cc(C(C)(C)C)ccc3B3c4c(cc(C(C)(C)C)cc42)-c2cc4c(c5c2N3c2ccc(C(C)(C)C)cc2O5)Sc2ccccc2C4(C)C)cc1.